The summed E-state index contributed by atoms with van der Waals surface area (Å²) in [5.74, 6) is -0.616. The topological polar surface area (TPSA) is 110 Å². The lowest BCUT2D eigenvalue weighted by Crippen LogP contribution is -2.38. The number of nitro groups is 1. The second kappa shape index (κ2) is 9.41. The van der Waals surface area contributed by atoms with Crippen molar-refractivity contribution in [3.63, 3.8) is 0 Å². The van der Waals surface area contributed by atoms with Crippen molar-refractivity contribution in [1.29, 1.82) is 0 Å². The summed E-state index contributed by atoms with van der Waals surface area (Å²) in [5.41, 5.74) is 3.35. The quantitative estimate of drug-likeness (QED) is 0.401. The average molecular weight is 468 g/mol. The highest BCUT2D eigenvalue weighted by atomic mass is 32.2. The predicted octanol–water partition coefficient (Wildman–Crippen LogP) is 4.66. The highest BCUT2D eigenvalue weighted by Crippen LogP contribution is 2.29. The van der Waals surface area contributed by atoms with Crippen LogP contribution >= 0.6 is 0 Å². The van der Waals surface area contributed by atoms with Gasteiger partial charge in [0.2, 0.25) is 5.91 Å². The Balaban J connectivity index is 2.00. The molecule has 0 saturated carbocycles. The van der Waals surface area contributed by atoms with Crippen molar-refractivity contribution in [3.8, 4) is 0 Å². The summed E-state index contributed by atoms with van der Waals surface area (Å²) in [6.07, 6.45) is 0. The molecule has 0 aliphatic rings. The average Bonchev–Trinajstić information content (AvgIpc) is 2.74. The monoisotopic (exact) mass is 467 g/mol. The number of anilines is 2. The van der Waals surface area contributed by atoms with Crippen LogP contribution < -0.4 is 9.62 Å². The van der Waals surface area contributed by atoms with E-state index in [0.29, 0.717) is 11.3 Å². The lowest BCUT2D eigenvalue weighted by molar-refractivity contribution is -0.385. The number of rotatable bonds is 7. The molecule has 3 aromatic rings. The van der Waals surface area contributed by atoms with Gasteiger partial charge in [-0.2, -0.15) is 0 Å². The number of benzene rings is 3. The van der Waals surface area contributed by atoms with Crippen molar-refractivity contribution >= 4 is 33.0 Å². The van der Waals surface area contributed by atoms with Crippen LogP contribution in [-0.4, -0.2) is 25.8 Å². The molecule has 0 bridgehead atoms. The van der Waals surface area contributed by atoms with Crippen LogP contribution in [0.1, 0.15) is 22.3 Å². The number of sulfonamides is 1. The van der Waals surface area contributed by atoms with Crippen LogP contribution in [0.4, 0.5) is 17.1 Å². The fraction of sp³-hybridized carbons (Fsp3) is 0.208. The van der Waals surface area contributed by atoms with E-state index in [-0.39, 0.29) is 21.8 Å². The number of nitrogens with one attached hydrogen (secondary N) is 1. The van der Waals surface area contributed by atoms with Gasteiger partial charge in [0.25, 0.3) is 15.7 Å². The third-order valence-corrected chi connectivity index (χ3v) is 7.07. The molecule has 3 rings (SSSR count). The first-order chi connectivity index (χ1) is 15.5. The highest BCUT2D eigenvalue weighted by Gasteiger charge is 2.28. The van der Waals surface area contributed by atoms with Gasteiger partial charge in [-0.3, -0.25) is 19.2 Å². The first-order valence-electron chi connectivity index (χ1n) is 10.2. The molecule has 33 heavy (non-hydrogen) atoms. The number of aryl methyl sites for hydroxylation is 3. The maximum absolute atomic E-state index is 13.5. The number of carbonyl (C=O) groups excluding carboxylic acids is 1. The van der Waals surface area contributed by atoms with Gasteiger partial charge in [0.1, 0.15) is 6.54 Å². The van der Waals surface area contributed by atoms with E-state index in [1.807, 2.05) is 19.9 Å². The predicted molar refractivity (Wildman–Crippen MR) is 128 cm³/mol. The normalized spacial score (nSPS) is 11.2. The van der Waals surface area contributed by atoms with E-state index in [1.165, 1.54) is 37.3 Å². The third-order valence-electron chi connectivity index (χ3n) is 5.29. The molecule has 0 aliphatic heterocycles. The number of hydrogen-bond acceptors (Lipinski definition) is 5. The maximum atomic E-state index is 13.5. The van der Waals surface area contributed by atoms with Crippen molar-refractivity contribution in [2.24, 2.45) is 0 Å². The largest absolute Gasteiger partial charge is 0.324 e. The Morgan fingerprint density at radius 3 is 2.21 bits per heavy atom. The zero-order valence-electron chi connectivity index (χ0n) is 18.8. The summed E-state index contributed by atoms with van der Waals surface area (Å²) < 4.78 is 28.1. The van der Waals surface area contributed by atoms with Crippen molar-refractivity contribution in [1.82, 2.24) is 0 Å². The van der Waals surface area contributed by atoms with Crippen LogP contribution in [0.2, 0.25) is 0 Å². The Kier molecular flexibility index (Phi) is 6.83. The molecule has 8 nitrogen and oxygen atoms in total. The first kappa shape index (κ1) is 23.9. The zero-order valence-corrected chi connectivity index (χ0v) is 19.6. The van der Waals surface area contributed by atoms with E-state index >= 15 is 0 Å². The second-order valence-corrected chi connectivity index (χ2v) is 9.73. The van der Waals surface area contributed by atoms with E-state index in [1.54, 1.807) is 31.2 Å². The number of nitrogens with zero attached hydrogens (tertiary/aromatic N) is 2. The van der Waals surface area contributed by atoms with Crippen molar-refractivity contribution in [2.45, 2.75) is 32.6 Å². The van der Waals surface area contributed by atoms with Gasteiger partial charge in [-0.15, -0.1) is 0 Å². The van der Waals surface area contributed by atoms with Gasteiger partial charge in [-0.1, -0.05) is 41.5 Å². The Hall–Kier alpha value is -3.72. The lowest BCUT2D eigenvalue weighted by atomic mass is 10.1. The van der Waals surface area contributed by atoms with E-state index in [9.17, 15) is 23.3 Å². The second-order valence-electron chi connectivity index (χ2n) is 7.87. The van der Waals surface area contributed by atoms with Crippen LogP contribution in [0.15, 0.2) is 65.6 Å². The molecule has 0 fully saturated rings. The fourth-order valence-electron chi connectivity index (χ4n) is 3.50. The molecule has 0 unspecified atom stereocenters. The molecule has 9 heteroatoms. The number of amides is 1. The van der Waals surface area contributed by atoms with Gasteiger partial charge in [-0.25, -0.2) is 8.42 Å². The van der Waals surface area contributed by atoms with Crippen molar-refractivity contribution < 1.29 is 18.1 Å². The summed E-state index contributed by atoms with van der Waals surface area (Å²) in [6.45, 7) is 6.56. The van der Waals surface area contributed by atoms with Crippen molar-refractivity contribution in [3.05, 3.63) is 93.0 Å². The van der Waals surface area contributed by atoms with Crippen LogP contribution in [0.5, 0.6) is 0 Å². The number of nitro benzene ring substituents is 1. The van der Waals surface area contributed by atoms with Crippen LogP contribution in [-0.2, 0) is 14.8 Å². The Labute approximate surface area is 193 Å². The zero-order chi connectivity index (χ0) is 24.3. The molecule has 0 radical (unpaired) electrons. The smallest absolute Gasteiger partial charge is 0.274 e. The molecule has 0 saturated heterocycles. The van der Waals surface area contributed by atoms with E-state index in [4.69, 9.17) is 0 Å². The summed E-state index contributed by atoms with van der Waals surface area (Å²) >= 11 is 0. The van der Waals surface area contributed by atoms with Gasteiger partial charge in [0, 0.05) is 6.07 Å². The molecule has 0 spiro atoms. The van der Waals surface area contributed by atoms with Gasteiger partial charge >= 0.3 is 0 Å². The van der Waals surface area contributed by atoms with Crippen molar-refractivity contribution in [2.75, 3.05) is 16.2 Å². The first-order valence-corrected chi connectivity index (χ1v) is 11.6. The summed E-state index contributed by atoms with van der Waals surface area (Å²) in [4.78, 5) is 23.7. The number of carbonyl (C=O) groups is 1. The van der Waals surface area contributed by atoms with E-state index in [0.717, 1.165) is 15.4 Å². The van der Waals surface area contributed by atoms with E-state index < -0.39 is 27.4 Å². The molecular weight excluding hydrogens is 442 g/mol. The van der Waals surface area contributed by atoms with Gasteiger partial charge < -0.3 is 5.32 Å². The van der Waals surface area contributed by atoms with Crippen LogP contribution in [0, 0.1) is 37.8 Å². The minimum atomic E-state index is -4.06. The molecule has 1 N–H and O–H groups in total. The minimum absolute atomic E-state index is 0.0624. The summed E-state index contributed by atoms with van der Waals surface area (Å²) in [6, 6.07) is 16.0. The van der Waals surface area contributed by atoms with Crippen LogP contribution in [0.3, 0.4) is 0 Å². The number of hydrogen-bond donors (Lipinski definition) is 1. The highest BCUT2D eigenvalue weighted by molar-refractivity contribution is 7.92. The fourth-order valence-corrected chi connectivity index (χ4v) is 4.98. The minimum Gasteiger partial charge on any atom is -0.324 e. The molecule has 3 aromatic carbocycles. The molecule has 0 aromatic heterocycles. The van der Waals surface area contributed by atoms with Gasteiger partial charge in [0.15, 0.2) is 0 Å². The molecule has 1 amide bonds. The third kappa shape index (κ3) is 5.20. The standard InChI is InChI=1S/C24H25N3O5S/c1-16-8-11-20(12-9-16)33(31,32)26(22-13-10-17(2)14-18(22)3)15-24(28)25-21-6-5-7-23(19(21)4)27(29)30/h5-14H,15H2,1-4H3,(H,25,28). The van der Waals surface area contributed by atoms with Gasteiger partial charge in [-0.05, 0) is 57.5 Å². The molecule has 172 valence electrons. The molecule has 0 atom stereocenters. The molecule has 0 heterocycles. The van der Waals surface area contributed by atoms with E-state index in [2.05, 4.69) is 5.32 Å². The van der Waals surface area contributed by atoms with Gasteiger partial charge in [0.05, 0.1) is 26.8 Å². The summed E-state index contributed by atoms with van der Waals surface area (Å²) in [5, 5.41) is 13.8. The summed E-state index contributed by atoms with van der Waals surface area (Å²) in [7, 11) is -4.06. The molecular formula is C24H25N3O5S. The lowest BCUT2D eigenvalue weighted by Gasteiger charge is -2.26. The maximum Gasteiger partial charge on any atom is 0.274 e. The Morgan fingerprint density at radius 2 is 1.61 bits per heavy atom. The Morgan fingerprint density at radius 1 is 0.970 bits per heavy atom. The SMILES string of the molecule is Cc1ccc(S(=O)(=O)N(CC(=O)Nc2cccc([N+](=O)[O-])c2C)c2ccc(C)cc2C)cc1. The molecule has 0 aliphatic carbocycles. The van der Waals surface area contributed by atoms with Crippen LogP contribution in [0.25, 0.3) is 0 Å². The Bertz CT molecular complexity index is 1320.